The second-order valence-electron chi connectivity index (χ2n) is 15.5. The van der Waals surface area contributed by atoms with E-state index in [0.29, 0.717) is 73.8 Å². The minimum atomic E-state index is -4.26. The van der Waals surface area contributed by atoms with E-state index >= 15 is 0 Å². The van der Waals surface area contributed by atoms with Crippen LogP contribution in [-0.2, 0) is 42.0 Å². The van der Waals surface area contributed by atoms with Crippen molar-refractivity contribution in [2.24, 2.45) is 11.8 Å². The van der Waals surface area contributed by atoms with Gasteiger partial charge < -0.3 is 24.4 Å². The fourth-order valence-corrected chi connectivity index (χ4v) is 10.4. The van der Waals surface area contributed by atoms with Crippen LogP contribution in [0.2, 0.25) is 5.02 Å². The van der Waals surface area contributed by atoms with Gasteiger partial charge in [0.15, 0.2) is 5.60 Å². The maximum absolute atomic E-state index is 14.2. The number of rotatable bonds is 4. The van der Waals surface area contributed by atoms with Gasteiger partial charge in [-0.15, -0.1) is 0 Å². The van der Waals surface area contributed by atoms with Crippen LogP contribution in [0.3, 0.4) is 0 Å². The zero-order valence-electron chi connectivity index (χ0n) is 30.2. The van der Waals surface area contributed by atoms with E-state index in [-0.39, 0.29) is 30.2 Å². The lowest BCUT2D eigenvalue weighted by atomic mass is 9.68. The molecule has 11 nitrogen and oxygen atoms in total. The molecule has 13 heteroatoms. The first-order valence-corrected chi connectivity index (χ1v) is 20.5. The lowest BCUT2D eigenvalue weighted by Crippen LogP contribution is -2.53. The van der Waals surface area contributed by atoms with Gasteiger partial charge in [-0.1, -0.05) is 42.3 Å². The SMILES string of the molecule is CO[C@H]1/C=C/CCN(C)C(=O)C[C@](O)(C(=O)NS(=O)(=O)N2CCCCC2)c2ccc3c(c2)N(C[C@@H]2CC[C@H]21)C[C@@]1(CCCc2cc(Cl)ccc21)CO3. The number of piperidine rings is 1. The predicted molar refractivity (Wildman–Crippen MR) is 200 cm³/mol. The van der Waals surface area contributed by atoms with Crippen LogP contribution in [-0.4, -0.2) is 94.1 Å². The zero-order valence-corrected chi connectivity index (χ0v) is 31.8. The number of benzene rings is 2. The number of anilines is 1. The molecular formula is C39H51ClN4O7S. The Kier molecular flexibility index (Phi) is 10.7. The van der Waals surface area contributed by atoms with E-state index in [9.17, 15) is 23.1 Å². The van der Waals surface area contributed by atoms with Gasteiger partial charge in [-0.2, -0.15) is 12.7 Å². The number of nitrogens with zero attached hydrogens (tertiary/aromatic N) is 3. The molecule has 7 rings (SSSR count). The molecule has 2 bridgehead atoms. The topological polar surface area (TPSA) is 129 Å². The fourth-order valence-electron chi connectivity index (χ4n) is 8.97. The smallest absolute Gasteiger partial charge is 0.303 e. The van der Waals surface area contributed by atoms with Crippen LogP contribution in [0.25, 0.3) is 0 Å². The van der Waals surface area contributed by atoms with Crippen LogP contribution in [0.1, 0.15) is 74.5 Å². The van der Waals surface area contributed by atoms with Crippen molar-refractivity contribution in [3.8, 4) is 5.75 Å². The van der Waals surface area contributed by atoms with Gasteiger partial charge in [-0.3, -0.25) is 9.59 Å². The lowest BCUT2D eigenvalue weighted by molar-refractivity contribution is -0.148. The zero-order chi connectivity index (χ0) is 36.7. The van der Waals surface area contributed by atoms with Gasteiger partial charge in [0.05, 0.1) is 24.8 Å². The van der Waals surface area contributed by atoms with E-state index in [0.717, 1.165) is 38.5 Å². The molecule has 0 unspecified atom stereocenters. The van der Waals surface area contributed by atoms with Crippen LogP contribution in [0.4, 0.5) is 5.69 Å². The minimum absolute atomic E-state index is 0.0659. The first-order valence-electron chi connectivity index (χ1n) is 18.7. The number of nitrogens with one attached hydrogen (secondary N) is 1. The molecule has 2 aromatic rings. The Hall–Kier alpha value is -3.16. The summed E-state index contributed by atoms with van der Waals surface area (Å²) in [5, 5.41) is 13.1. The summed E-state index contributed by atoms with van der Waals surface area (Å²) < 4.78 is 42.9. The van der Waals surface area contributed by atoms with Crippen molar-refractivity contribution >= 4 is 39.3 Å². The second-order valence-corrected chi connectivity index (χ2v) is 17.6. The predicted octanol–water partition coefficient (Wildman–Crippen LogP) is 4.70. The minimum Gasteiger partial charge on any atom is -0.490 e. The highest BCUT2D eigenvalue weighted by Gasteiger charge is 2.47. The summed E-state index contributed by atoms with van der Waals surface area (Å²) in [5.41, 5.74) is 0.444. The first-order chi connectivity index (χ1) is 24.9. The molecule has 2 amide bonds. The van der Waals surface area contributed by atoms with Crippen LogP contribution in [0, 0.1) is 11.8 Å². The molecule has 0 aromatic heterocycles. The van der Waals surface area contributed by atoms with E-state index in [1.807, 2.05) is 12.1 Å². The van der Waals surface area contributed by atoms with Crippen molar-refractivity contribution in [2.45, 2.75) is 81.3 Å². The van der Waals surface area contributed by atoms with Crippen molar-refractivity contribution in [1.82, 2.24) is 13.9 Å². The van der Waals surface area contributed by atoms with Gasteiger partial charge in [0.25, 0.3) is 5.91 Å². The molecule has 0 radical (unpaired) electrons. The number of carbonyl (C=O) groups is 2. The average molecular weight is 755 g/mol. The van der Waals surface area contributed by atoms with Gasteiger partial charge in [-0.05, 0) is 104 Å². The molecule has 52 heavy (non-hydrogen) atoms. The number of methoxy groups -OCH3 is 1. The number of amides is 2. The van der Waals surface area contributed by atoms with Gasteiger partial charge in [0.1, 0.15) is 5.75 Å². The van der Waals surface area contributed by atoms with Crippen LogP contribution in [0.15, 0.2) is 48.6 Å². The molecule has 1 saturated heterocycles. The summed E-state index contributed by atoms with van der Waals surface area (Å²) in [6, 6.07) is 11.2. The Balaban J connectivity index is 1.32. The summed E-state index contributed by atoms with van der Waals surface area (Å²) >= 11 is 6.47. The quantitative estimate of drug-likeness (QED) is 0.431. The van der Waals surface area contributed by atoms with Crippen molar-refractivity contribution in [3.05, 3.63) is 70.3 Å². The second kappa shape index (κ2) is 14.9. The molecule has 2 aromatic carbocycles. The number of hydrogen-bond donors (Lipinski definition) is 2. The number of hydrogen-bond acceptors (Lipinski definition) is 8. The standard InChI is InChI=1S/C39H51ClN4O7S/c1-42-18-7-4-10-34(50-2)31-14-11-28(31)24-43-25-38(17-8-9-27-21-30(40)13-15-32(27)38)26-51-35-16-12-29(22-33(35)43)39(47,23-36(42)45)37(46)41-52(48,49)44-19-5-3-6-20-44/h4,10,12-13,15-16,21-22,28,31,34,47H,3,5-9,11,14,17-20,23-26H2,1-2H3,(H,41,46)/b10-4+/t28-,31+,34-,38-,39+/m0/s1. The molecule has 5 aliphatic rings. The Bertz CT molecular complexity index is 1820. The van der Waals surface area contributed by atoms with Crippen molar-refractivity contribution in [3.63, 3.8) is 0 Å². The van der Waals surface area contributed by atoms with E-state index in [1.54, 1.807) is 32.4 Å². The molecule has 2 fully saturated rings. The summed E-state index contributed by atoms with van der Waals surface area (Å²) in [4.78, 5) is 31.7. The maximum Gasteiger partial charge on any atom is 0.303 e. The summed E-state index contributed by atoms with van der Waals surface area (Å²) in [6.45, 7) is 2.67. The Morgan fingerprint density at radius 1 is 1.08 bits per heavy atom. The van der Waals surface area contributed by atoms with Crippen LogP contribution >= 0.6 is 11.6 Å². The van der Waals surface area contributed by atoms with E-state index < -0.39 is 34.0 Å². The van der Waals surface area contributed by atoms with Crippen LogP contribution in [0.5, 0.6) is 5.75 Å². The number of carbonyl (C=O) groups excluding carboxylic acids is 2. The third-order valence-corrected chi connectivity index (χ3v) is 13.9. The molecule has 2 N–H and O–H groups in total. The summed E-state index contributed by atoms with van der Waals surface area (Å²) in [6.07, 6.45) is 11.1. The van der Waals surface area contributed by atoms with Crippen molar-refractivity contribution in [1.29, 1.82) is 0 Å². The third-order valence-electron chi connectivity index (χ3n) is 12.2. The number of halogens is 1. The van der Waals surface area contributed by atoms with Gasteiger partial charge in [0.2, 0.25) is 5.91 Å². The van der Waals surface area contributed by atoms with Gasteiger partial charge >= 0.3 is 10.2 Å². The summed E-state index contributed by atoms with van der Waals surface area (Å²) in [5.74, 6) is -0.438. The highest BCUT2D eigenvalue weighted by atomic mass is 35.5. The monoisotopic (exact) mass is 754 g/mol. The Labute approximate surface area is 312 Å². The highest BCUT2D eigenvalue weighted by Crippen LogP contribution is 2.48. The average Bonchev–Trinajstić information content (AvgIpc) is 3.27. The number of aliphatic hydroxyl groups is 1. The number of ether oxygens (including phenoxy) is 2. The first kappa shape index (κ1) is 37.2. The van der Waals surface area contributed by atoms with Gasteiger partial charge in [-0.25, -0.2) is 4.72 Å². The molecule has 282 valence electrons. The van der Waals surface area contributed by atoms with Gasteiger partial charge in [0, 0.05) is 57.3 Å². The van der Waals surface area contributed by atoms with Crippen LogP contribution < -0.4 is 14.4 Å². The Morgan fingerprint density at radius 3 is 2.63 bits per heavy atom. The lowest BCUT2D eigenvalue weighted by Gasteiger charge is -2.46. The molecule has 2 aliphatic carbocycles. The number of fused-ring (bicyclic) bond motifs is 4. The number of aryl methyl sites for hydroxylation is 1. The van der Waals surface area contributed by atoms with E-state index in [4.69, 9.17) is 21.1 Å². The largest absolute Gasteiger partial charge is 0.490 e. The molecule has 3 aliphatic heterocycles. The molecule has 5 atom stereocenters. The highest BCUT2D eigenvalue weighted by molar-refractivity contribution is 7.87. The maximum atomic E-state index is 14.2. The van der Waals surface area contributed by atoms with Crippen molar-refractivity contribution < 1.29 is 32.6 Å². The normalized spacial score (nSPS) is 30.7. The Morgan fingerprint density at radius 2 is 1.88 bits per heavy atom. The van der Waals surface area contributed by atoms with Crippen molar-refractivity contribution in [2.75, 3.05) is 58.4 Å². The molecule has 1 spiro atoms. The fraction of sp³-hybridized carbons (Fsp3) is 0.590. The molecule has 3 heterocycles. The molecule has 1 saturated carbocycles. The molecular weight excluding hydrogens is 704 g/mol. The van der Waals surface area contributed by atoms with E-state index in [2.05, 4.69) is 27.8 Å². The van der Waals surface area contributed by atoms with E-state index in [1.165, 1.54) is 20.3 Å². The third kappa shape index (κ3) is 7.21. The summed E-state index contributed by atoms with van der Waals surface area (Å²) in [7, 11) is -0.892.